The summed E-state index contributed by atoms with van der Waals surface area (Å²) in [5.41, 5.74) is 2.20. The molecule has 1 atom stereocenters. The average molecular weight is 381 g/mol. The Hall–Kier alpha value is -2.76. The van der Waals surface area contributed by atoms with E-state index in [-0.39, 0.29) is 0 Å². The predicted octanol–water partition coefficient (Wildman–Crippen LogP) is 3.90. The van der Waals surface area contributed by atoms with Gasteiger partial charge in [-0.2, -0.15) is 0 Å². The third-order valence-electron chi connectivity index (χ3n) is 4.60. The number of benzene rings is 2. The van der Waals surface area contributed by atoms with Gasteiger partial charge in [0, 0.05) is 13.1 Å². The van der Waals surface area contributed by atoms with E-state index in [0.29, 0.717) is 37.6 Å². The third-order valence-corrected chi connectivity index (χ3v) is 4.60. The number of rotatable bonds is 10. The van der Waals surface area contributed by atoms with Gasteiger partial charge in [0.25, 0.3) is 0 Å². The van der Waals surface area contributed by atoms with Gasteiger partial charge in [-0.1, -0.05) is 36.4 Å². The molecule has 0 radical (unpaired) electrons. The van der Waals surface area contributed by atoms with Gasteiger partial charge in [-0.3, -0.25) is 4.90 Å². The van der Waals surface area contributed by atoms with Gasteiger partial charge in [0.1, 0.15) is 5.76 Å². The molecule has 0 unspecified atom stereocenters. The average Bonchev–Trinajstić information content (AvgIpc) is 3.21. The summed E-state index contributed by atoms with van der Waals surface area (Å²) in [6.07, 6.45) is 1.81. The van der Waals surface area contributed by atoms with E-state index in [0.717, 1.165) is 16.9 Å². The molecule has 3 rings (SSSR count). The van der Waals surface area contributed by atoms with E-state index in [1.807, 2.05) is 60.7 Å². The molecule has 3 aromatic rings. The summed E-state index contributed by atoms with van der Waals surface area (Å²) in [6.45, 7) is 1.81. The van der Waals surface area contributed by atoms with Crippen molar-refractivity contribution >= 4 is 0 Å². The van der Waals surface area contributed by atoms with Crippen LogP contribution in [-0.2, 0) is 19.5 Å². The zero-order valence-corrected chi connectivity index (χ0v) is 16.4. The lowest BCUT2D eigenvalue weighted by atomic mass is 10.1. The molecule has 28 heavy (non-hydrogen) atoms. The Kier molecular flexibility index (Phi) is 7.12. The van der Waals surface area contributed by atoms with Crippen molar-refractivity contribution in [1.82, 2.24) is 4.90 Å². The molecule has 148 valence electrons. The number of aliphatic hydroxyl groups excluding tert-OH is 1. The summed E-state index contributed by atoms with van der Waals surface area (Å²) in [4.78, 5) is 2.17. The fraction of sp³-hybridized carbons (Fsp3) is 0.304. The molecule has 0 aliphatic rings. The van der Waals surface area contributed by atoms with Crippen molar-refractivity contribution in [3.8, 4) is 11.5 Å². The smallest absolute Gasteiger partial charge is 0.161 e. The lowest BCUT2D eigenvalue weighted by Gasteiger charge is -2.25. The standard InChI is InChI=1S/C23H27NO4/c1-26-22-11-10-19(14-23(22)27-2)15-24(17-21-9-6-12-28-21)16-20(25)13-18-7-4-3-5-8-18/h3-12,14,20,25H,13,15-17H2,1-2H3/t20-/m1/s1. The van der Waals surface area contributed by atoms with Crippen LogP contribution in [0.5, 0.6) is 11.5 Å². The Labute approximate surface area is 166 Å². The van der Waals surface area contributed by atoms with Crippen molar-refractivity contribution in [3.05, 3.63) is 83.8 Å². The van der Waals surface area contributed by atoms with Gasteiger partial charge in [0.15, 0.2) is 11.5 Å². The van der Waals surface area contributed by atoms with E-state index in [1.165, 1.54) is 0 Å². The van der Waals surface area contributed by atoms with E-state index in [2.05, 4.69) is 4.90 Å². The van der Waals surface area contributed by atoms with Crippen LogP contribution in [-0.4, -0.2) is 36.9 Å². The first-order valence-electron chi connectivity index (χ1n) is 9.35. The minimum absolute atomic E-state index is 0.475. The summed E-state index contributed by atoms with van der Waals surface area (Å²) in [5, 5.41) is 10.6. The molecule has 0 amide bonds. The maximum absolute atomic E-state index is 10.6. The minimum atomic E-state index is -0.475. The number of ether oxygens (including phenoxy) is 2. The second-order valence-corrected chi connectivity index (χ2v) is 6.78. The second-order valence-electron chi connectivity index (χ2n) is 6.78. The Morgan fingerprint density at radius 1 is 0.893 bits per heavy atom. The molecule has 5 nitrogen and oxygen atoms in total. The highest BCUT2D eigenvalue weighted by molar-refractivity contribution is 5.42. The van der Waals surface area contributed by atoms with Gasteiger partial charge in [-0.15, -0.1) is 0 Å². The number of methoxy groups -OCH3 is 2. The zero-order chi connectivity index (χ0) is 19.8. The Morgan fingerprint density at radius 2 is 1.68 bits per heavy atom. The van der Waals surface area contributed by atoms with Crippen molar-refractivity contribution < 1.29 is 19.0 Å². The van der Waals surface area contributed by atoms with E-state index >= 15 is 0 Å². The molecule has 0 fully saturated rings. The van der Waals surface area contributed by atoms with Crippen LogP contribution < -0.4 is 9.47 Å². The van der Waals surface area contributed by atoms with Gasteiger partial charge < -0.3 is 19.0 Å². The highest BCUT2D eigenvalue weighted by atomic mass is 16.5. The summed E-state index contributed by atoms with van der Waals surface area (Å²) in [5.74, 6) is 2.27. The van der Waals surface area contributed by atoms with E-state index in [4.69, 9.17) is 13.9 Å². The first-order chi connectivity index (χ1) is 13.7. The van der Waals surface area contributed by atoms with Crippen LogP contribution in [0.1, 0.15) is 16.9 Å². The van der Waals surface area contributed by atoms with Crippen molar-refractivity contribution in [2.75, 3.05) is 20.8 Å². The van der Waals surface area contributed by atoms with Crippen molar-refractivity contribution in [2.45, 2.75) is 25.6 Å². The zero-order valence-electron chi connectivity index (χ0n) is 16.4. The fourth-order valence-electron chi connectivity index (χ4n) is 3.29. The third kappa shape index (κ3) is 5.62. The largest absolute Gasteiger partial charge is 0.493 e. The van der Waals surface area contributed by atoms with E-state index in [1.54, 1.807) is 20.5 Å². The van der Waals surface area contributed by atoms with Crippen molar-refractivity contribution in [2.24, 2.45) is 0 Å². The number of hydrogen-bond acceptors (Lipinski definition) is 5. The fourth-order valence-corrected chi connectivity index (χ4v) is 3.29. The molecule has 5 heteroatoms. The number of furan rings is 1. The molecular formula is C23H27NO4. The van der Waals surface area contributed by atoms with Gasteiger partial charge in [0.2, 0.25) is 0 Å². The van der Waals surface area contributed by atoms with E-state index < -0.39 is 6.10 Å². The Morgan fingerprint density at radius 3 is 2.36 bits per heavy atom. The number of aliphatic hydroxyl groups is 1. The van der Waals surface area contributed by atoms with Crippen LogP contribution in [0.3, 0.4) is 0 Å². The first-order valence-corrected chi connectivity index (χ1v) is 9.35. The first kappa shape index (κ1) is 20.0. The lowest BCUT2D eigenvalue weighted by Crippen LogP contribution is -2.32. The molecule has 1 heterocycles. The number of hydrogen-bond donors (Lipinski definition) is 1. The van der Waals surface area contributed by atoms with E-state index in [9.17, 15) is 5.11 Å². The van der Waals surface area contributed by atoms with Gasteiger partial charge in [-0.05, 0) is 41.8 Å². The lowest BCUT2D eigenvalue weighted by molar-refractivity contribution is 0.100. The van der Waals surface area contributed by atoms with Gasteiger partial charge in [-0.25, -0.2) is 0 Å². The molecule has 0 spiro atoms. The van der Waals surface area contributed by atoms with Crippen molar-refractivity contribution in [1.29, 1.82) is 0 Å². The van der Waals surface area contributed by atoms with Crippen LogP contribution in [0, 0.1) is 0 Å². The molecule has 0 saturated heterocycles. The van der Waals surface area contributed by atoms with Crippen LogP contribution in [0.2, 0.25) is 0 Å². The monoisotopic (exact) mass is 381 g/mol. The van der Waals surface area contributed by atoms with Crippen LogP contribution in [0.15, 0.2) is 71.3 Å². The Balaban J connectivity index is 1.71. The minimum Gasteiger partial charge on any atom is -0.493 e. The summed E-state index contributed by atoms with van der Waals surface area (Å²) < 4.78 is 16.2. The van der Waals surface area contributed by atoms with Crippen LogP contribution in [0.4, 0.5) is 0 Å². The maximum Gasteiger partial charge on any atom is 0.161 e. The maximum atomic E-state index is 10.6. The molecule has 2 aromatic carbocycles. The van der Waals surface area contributed by atoms with Crippen LogP contribution in [0.25, 0.3) is 0 Å². The molecular weight excluding hydrogens is 354 g/mol. The predicted molar refractivity (Wildman–Crippen MR) is 109 cm³/mol. The van der Waals surface area contributed by atoms with Crippen molar-refractivity contribution in [3.63, 3.8) is 0 Å². The molecule has 0 aliphatic heterocycles. The van der Waals surface area contributed by atoms with Gasteiger partial charge in [0.05, 0.1) is 33.1 Å². The van der Waals surface area contributed by atoms with Crippen LogP contribution >= 0.6 is 0 Å². The summed E-state index contributed by atoms with van der Waals surface area (Å²) >= 11 is 0. The topological polar surface area (TPSA) is 55.1 Å². The van der Waals surface area contributed by atoms with Gasteiger partial charge >= 0.3 is 0 Å². The molecule has 1 N–H and O–H groups in total. The highest BCUT2D eigenvalue weighted by Gasteiger charge is 2.16. The summed E-state index contributed by atoms with van der Waals surface area (Å²) in [6, 6.07) is 19.8. The molecule has 0 aliphatic carbocycles. The molecule has 0 bridgehead atoms. The number of nitrogens with zero attached hydrogens (tertiary/aromatic N) is 1. The molecule has 0 saturated carbocycles. The summed E-state index contributed by atoms with van der Waals surface area (Å²) in [7, 11) is 3.26. The Bertz CT molecular complexity index is 833. The quantitative estimate of drug-likeness (QED) is 0.577. The molecule has 1 aromatic heterocycles. The second kappa shape index (κ2) is 9.97. The highest BCUT2D eigenvalue weighted by Crippen LogP contribution is 2.28. The SMILES string of the molecule is COc1ccc(CN(Cc2ccco2)C[C@H](O)Cc2ccccc2)cc1OC. The normalized spacial score (nSPS) is 12.1.